The first-order chi connectivity index (χ1) is 8.67. The first-order valence-electron chi connectivity index (χ1n) is 6.82. The molecule has 1 heterocycles. The zero-order chi connectivity index (χ0) is 13.4. The van der Waals surface area contributed by atoms with Gasteiger partial charge in [0.05, 0.1) is 0 Å². The van der Waals surface area contributed by atoms with Crippen LogP contribution in [0.15, 0.2) is 17.6 Å². The van der Waals surface area contributed by atoms with Crippen molar-refractivity contribution in [3.8, 4) is 0 Å². The highest BCUT2D eigenvalue weighted by atomic mass is 32.2. The fraction of sp³-hybridized carbons (Fsp3) is 0.714. The number of aromatic nitrogens is 2. The fourth-order valence-corrected chi connectivity index (χ4v) is 2.69. The molecule has 0 aliphatic rings. The van der Waals surface area contributed by atoms with E-state index in [1.807, 2.05) is 19.3 Å². The normalized spacial score (nSPS) is 14.4. The molecule has 0 amide bonds. The van der Waals surface area contributed by atoms with E-state index in [0.29, 0.717) is 12.0 Å². The van der Waals surface area contributed by atoms with Crippen LogP contribution in [0, 0.1) is 12.8 Å². The Labute approximate surface area is 115 Å². The van der Waals surface area contributed by atoms with Gasteiger partial charge in [0.25, 0.3) is 0 Å². The lowest BCUT2D eigenvalue weighted by molar-refractivity contribution is 0.396. The van der Waals surface area contributed by atoms with Crippen molar-refractivity contribution in [2.24, 2.45) is 5.92 Å². The van der Waals surface area contributed by atoms with Crippen molar-refractivity contribution in [1.82, 2.24) is 15.3 Å². The fourth-order valence-electron chi connectivity index (χ4n) is 1.66. The molecular weight excluding hydrogens is 242 g/mol. The quantitative estimate of drug-likeness (QED) is 0.579. The zero-order valence-electron chi connectivity index (χ0n) is 11.9. The van der Waals surface area contributed by atoms with Gasteiger partial charge in [0.1, 0.15) is 0 Å². The average molecular weight is 267 g/mol. The molecule has 0 aromatic carbocycles. The van der Waals surface area contributed by atoms with Crippen LogP contribution in [-0.4, -0.2) is 28.3 Å². The molecule has 0 saturated carbocycles. The topological polar surface area (TPSA) is 37.8 Å². The second-order valence-corrected chi connectivity index (χ2v) is 5.79. The molecule has 0 aliphatic carbocycles. The summed E-state index contributed by atoms with van der Waals surface area (Å²) in [5.41, 5.74) is 1.11. The second-order valence-electron chi connectivity index (χ2n) is 4.80. The summed E-state index contributed by atoms with van der Waals surface area (Å²) < 4.78 is 0. The van der Waals surface area contributed by atoms with E-state index in [0.717, 1.165) is 23.0 Å². The Hall–Kier alpha value is -0.610. The van der Waals surface area contributed by atoms with Crippen molar-refractivity contribution < 1.29 is 0 Å². The Balaban J connectivity index is 2.47. The molecule has 0 saturated heterocycles. The van der Waals surface area contributed by atoms with Crippen molar-refractivity contribution >= 4 is 11.8 Å². The number of hydrogen-bond acceptors (Lipinski definition) is 4. The monoisotopic (exact) mass is 267 g/mol. The maximum atomic E-state index is 4.34. The van der Waals surface area contributed by atoms with Crippen LogP contribution in [0.4, 0.5) is 0 Å². The number of aryl methyl sites for hydroxylation is 1. The van der Waals surface area contributed by atoms with Crippen LogP contribution in [0.25, 0.3) is 0 Å². The van der Waals surface area contributed by atoms with E-state index in [9.17, 15) is 0 Å². The average Bonchev–Trinajstić information content (AvgIpc) is 2.40. The maximum Gasteiger partial charge on any atom is 0.187 e. The summed E-state index contributed by atoms with van der Waals surface area (Å²) in [7, 11) is 0. The summed E-state index contributed by atoms with van der Waals surface area (Å²) in [5.74, 6) is 1.73. The summed E-state index contributed by atoms with van der Waals surface area (Å²) in [6.45, 7) is 9.86. The van der Waals surface area contributed by atoms with E-state index in [1.54, 1.807) is 11.8 Å². The van der Waals surface area contributed by atoms with Crippen molar-refractivity contribution in [2.45, 2.75) is 51.7 Å². The molecule has 0 radical (unpaired) electrons. The summed E-state index contributed by atoms with van der Waals surface area (Å²) in [4.78, 5) is 8.68. The molecule has 0 spiro atoms. The Morgan fingerprint density at radius 1 is 1.28 bits per heavy atom. The van der Waals surface area contributed by atoms with Crippen molar-refractivity contribution in [3.05, 3.63) is 18.0 Å². The predicted molar refractivity (Wildman–Crippen MR) is 79.0 cm³/mol. The van der Waals surface area contributed by atoms with E-state index >= 15 is 0 Å². The molecule has 2 atom stereocenters. The van der Waals surface area contributed by atoms with Gasteiger partial charge in [-0.25, -0.2) is 9.97 Å². The van der Waals surface area contributed by atoms with Crippen LogP contribution in [0.5, 0.6) is 0 Å². The van der Waals surface area contributed by atoms with E-state index < -0.39 is 0 Å². The second kappa shape index (κ2) is 8.48. The van der Waals surface area contributed by atoms with Gasteiger partial charge in [-0.3, -0.25) is 0 Å². The molecule has 0 bridgehead atoms. The first kappa shape index (κ1) is 15.4. The third kappa shape index (κ3) is 5.36. The smallest absolute Gasteiger partial charge is 0.187 e. The molecular formula is C14H25N3S. The molecule has 0 aliphatic heterocycles. The van der Waals surface area contributed by atoms with Crippen LogP contribution in [-0.2, 0) is 0 Å². The lowest BCUT2D eigenvalue weighted by atomic mass is 10.0. The summed E-state index contributed by atoms with van der Waals surface area (Å²) in [6.07, 6.45) is 6.15. The summed E-state index contributed by atoms with van der Waals surface area (Å²) in [6, 6.07) is 0.546. The Morgan fingerprint density at radius 3 is 2.50 bits per heavy atom. The number of hydrogen-bond donors (Lipinski definition) is 1. The minimum absolute atomic E-state index is 0.546. The highest BCUT2D eigenvalue weighted by Gasteiger charge is 2.15. The van der Waals surface area contributed by atoms with E-state index in [4.69, 9.17) is 0 Å². The number of rotatable bonds is 8. The van der Waals surface area contributed by atoms with Gasteiger partial charge < -0.3 is 5.32 Å². The van der Waals surface area contributed by atoms with Gasteiger partial charge in [0.15, 0.2) is 5.16 Å². The van der Waals surface area contributed by atoms with Gasteiger partial charge in [-0.1, -0.05) is 39.0 Å². The third-order valence-electron chi connectivity index (χ3n) is 3.14. The van der Waals surface area contributed by atoms with Crippen LogP contribution >= 0.6 is 11.8 Å². The van der Waals surface area contributed by atoms with Crippen molar-refractivity contribution in [3.63, 3.8) is 0 Å². The van der Waals surface area contributed by atoms with Gasteiger partial charge in [-0.2, -0.15) is 0 Å². The maximum absolute atomic E-state index is 4.34. The Kier molecular flexibility index (Phi) is 7.28. The summed E-state index contributed by atoms with van der Waals surface area (Å²) >= 11 is 1.75. The number of nitrogens with one attached hydrogen (secondary N) is 1. The zero-order valence-corrected chi connectivity index (χ0v) is 12.8. The molecule has 1 rings (SSSR count). The lowest BCUT2D eigenvalue weighted by Gasteiger charge is -2.23. The van der Waals surface area contributed by atoms with Gasteiger partial charge >= 0.3 is 0 Å². The Morgan fingerprint density at radius 2 is 1.94 bits per heavy atom. The third-order valence-corrected chi connectivity index (χ3v) is 4.13. The molecule has 4 heteroatoms. The van der Waals surface area contributed by atoms with Crippen LogP contribution in [0.1, 0.15) is 39.2 Å². The number of nitrogens with zero attached hydrogens (tertiary/aromatic N) is 2. The predicted octanol–water partition coefficient (Wildman–Crippen LogP) is 3.29. The molecule has 18 heavy (non-hydrogen) atoms. The summed E-state index contributed by atoms with van der Waals surface area (Å²) in [5, 5.41) is 4.51. The highest BCUT2D eigenvalue weighted by molar-refractivity contribution is 7.99. The molecule has 0 fully saturated rings. The standard InChI is InChI=1S/C14H25N3S/c1-5-7-15-13(12(4)6-2)10-18-14-16-8-11(3)9-17-14/h8-9,12-13,15H,5-7,10H2,1-4H3. The van der Waals surface area contributed by atoms with Crippen LogP contribution in [0.3, 0.4) is 0 Å². The van der Waals surface area contributed by atoms with Gasteiger partial charge in [-0.15, -0.1) is 0 Å². The van der Waals surface area contributed by atoms with Crippen molar-refractivity contribution in [2.75, 3.05) is 12.3 Å². The van der Waals surface area contributed by atoms with Gasteiger partial charge in [-0.05, 0) is 31.4 Å². The van der Waals surface area contributed by atoms with E-state index in [-0.39, 0.29) is 0 Å². The molecule has 1 aromatic heterocycles. The van der Waals surface area contributed by atoms with Crippen molar-refractivity contribution in [1.29, 1.82) is 0 Å². The lowest BCUT2D eigenvalue weighted by Crippen LogP contribution is -2.37. The van der Waals surface area contributed by atoms with Crippen LogP contribution in [0.2, 0.25) is 0 Å². The Bertz CT molecular complexity index is 326. The van der Waals surface area contributed by atoms with E-state index in [2.05, 4.69) is 36.1 Å². The SMILES string of the molecule is CCCNC(CSc1ncc(C)cn1)C(C)CC. The molecule has 2 unspecified atom stereocenters. The van der Waals surface area contributed by atoms with E-state index in [1.165, 1.54) is 12.8 Å². The number of thioether (sulfide) groups is 1. The molecule has 102 valence electrons. The largest absolute Gasteiger partial charge is 0.313 e. The molecule has 3 nitrogen and oxygen atoms in total. The first-order valence-corrected chi connectivity index (χ1v) is 7.80. The minimum atomic E-state index is 0.546. The van der Waals surface area contributed by atoms with Crippen LogP contribution < -0.4 is 5.32 Å². The minimum Gasteiger partial charge on any atom is -0.313 e. The van der Waals surface area contributed by atoms with Gasteiger partial charge in [0, 0.05) is 24.2 Å². The molecule has 1 N–H and O–H groups in total. The highest BCUT2D eigenvalue weighted by Crippen LogP contribution is 2.18. The van der Waals surface area contributed by atoms with Gasteiger partial charge in [0.2, 0.25) is 0 Å². The molecule has 1 aromatic rings.